The van der Waals surface area contributed by atoms with Gasteiger partial charge in [-0.3, -0.25) is 9.59 Å². The number of fused-ring (bicyclic) bond motifs is 11. The van der Waals surface area contributed by atoms with E-state index < -0.39 is 105 Å². The summed E-state index contributed by atoms with van der Waals surface area (Å²) in [6.45, 7) is 9.19. The van der Waals surface area contributed by atoms with E-state index >= 15 is 4.79 Å². The van der Waals surface area contributed by atoms with E-state index in [0.29, 0.717) is 83.7 Å². The van der Waals surface area contributed by atoms with Crippen LogP contribution in [0.2, 0.25) is 0 Å². The molecule has 456 valence electrons. The van der Waals surface area contributed by atoms with Gasteiger partial charge in [0.05, 0.1) is 54.6 Å². The average Bonchev–Trinajstić information content (AvgIpc) is 1.26. The summed E-state index contributed by atoms with van der Waals surface area (Å²) in [5.74, 6) is -3.01. The Morgan fingerprint density at radius 2 is 1.67 bits per heavy atom. The zero-order valence-corrected chi connectivity index (χ0v) is 48.9. The molecule has 1 amide bonds. The van der Waals surface area contributed by atoms with Crippen LogP contribution in [0.1, 0.15) is 148 Å². The molecule has 20 nitrogen and oxygen atoms in total. The van der Waals surface area contributed by atoms with Crippen LogP contribution in [0.3, 0.4) is 0 Å². The lowest BCUT2D eigenvalue weighted by atomic mass is 9.27. The van der Waals surface area contributed by atoms with Gasteiger partial charge in [0.1, 0.15) is 30.4 Å². The molecule has 10 aliphatic rings. The minimum Gasteiger partial charge on any atom is -0.481 e. The normalized spacial score (nSPS) is 46.2. The highest BCUT2D eigenvalue weighted by atomic mass is 16.7. The smallest absolute Gasteiger partial charge is 0.310 e. The van der Waals surface area contributed by atoms with Crippen LogP contribution < -0.4 is 21.7 Å². The van der Waals surface area contributed by atoms with Crippen LogP contribution in [0.5, 0.6) is 0 Å². The van der Waals surface area contributed by atoms with Crippen molar-refractivity contribution in [1.82, 2.24) is 30.6 Å². The molecule has 15 N–H and O–H groups in total. The quantitative estimate of drug-likeness (QED) is 0.0683. The van der Waals surface area contributed by atoms with Crippen molar-refractivity contribution in [2.24, 2.45) is 96.9 Å². The van der Waals surface area contributed by atoms with E-state index in [-0.39, 0.29) is 73.1 Å². The predicted molar refractivity (Wildman–Crippen MR) is 302 cm³/mol. The van der Waals surface area contributed by atoms with Crippen LogP contribution in [-0.2, 0) is 25.5 Å². The van der Waals surface area contributed by atoms with E-state index in [2.05, 4.69) is 57.7 Å². The van der Waals surface area contributed by atoms with Crippen LogP contribution in [0.25, 0.3) is 0 Å². The van der Waals surface area contributed by atoms with Gasteiger partial charge in [0.15, 0.2) is 6.29 Å². The Kier molecular flexibility index (Phi) is 15.4. The minimum atomic E-state index is -1.66. The zero-order valence-electron chi connectivity index (χ0n) is 48.9. The molecule has 0 bridgehead atoms. The van der Waals surface area contributed by atoms with Crippen LogP contribution >= 0.6 is 0 Å². The number of anilines is 1. The fraction of sp³-hybridized carbons (Fsp3) is 0.839. The number of rotatable bonds is 15. The minimum absolute atomic E-state index is 0.0112. The molecule has 23 unspecified atom stereocenters. The Labute approximate surface area is 482 Å². The van der Waals surface area contributed by atoms with E-state index in [9.17, 15) is 45.6 Å². The molecule has 3 aliphatic heterocycles. The number of amides is 1. The maximum absolute atomic E-state index is 15.4. The van der Waals surface area contributed by atoms with Gasteiger partial charge in [-0.1, -0.05) is 65.0 Å². The third-order valence-electron chi connectivity index (χ3n) is 26.1. The van der Waals surface area contributed by atoms with E-state index in [4.69, 9.17) is 20.2 Å². The summed E-state index contributed by atoms with van der Waals surface area (Å²) in [6, 6.07) is -0.482. The average molecular weight is 1150 g/mol. The molecule has 5 heterocycles. The lowest BCUT2D eigenvalue weighted by molar-refractivity contribution is -0.350. The van der Waals surface area contributed by atoms with Crippen LogP contribution in [-0.4, -0.2) is 162 Å². The summed E-state index contributed by atoms with van der Waals surface area (Å²) in [4.78, 5) is 46.2. The first-order valence-electron chi connectivity index (χ1n) is 31.4. The van der Waals surface area contributed by atoms with Gasteiger partial charge >= 0.3 is 5.97 Å². The summed E-state index contributed by atoms with van der Waals surface area (Å²) in [6.07, 6.45) is 9.60. The molecule has 82 heavy (non-hydrogen) atoms. The molecule has 2 aromatic rings. The van der Waals surface area contributed by atoms with Gasteiger partial charge in [0.2, 0.25) is 5.91 Å². The number of nitrogens with one attached hydrogen (secondary N) is 5. The molecule has 8 fully saturated rings. The summed E-state index contributed by atoms with van der Waals surface area (Å²) in [5, 5.41) is 105. The molecule has 12 rings (SSSR count). The second kappa shape index (κ2) is 21.4. The number of allylic oxidation sites excluding steroid dienone is 2. The van der Waals surface area contributed by atoms with Gasteiger partial charge in [0, 0.05) is 54.9 Å². The van der Waals surface area contributed by atoms with Gasteiger partial charge in [-0.15, -0.1) is 0 Å². The Balaban J connectivity index is 1.08. The largest absolute Gasteiger partial charge is 0.481 e. The maximum Gasteiger partial charge on any atom is 0.310 e. The lowest BCUT2D eigenvalue weighted by Crippen LogP contribution is -2.76. The molecule has 2 aromatic heterocycles. The first kappa shape index (κ1) is 58.8. The van der Waals surface area contributed by atoms with E-state index in [1.165, 1.54) is 5.57 Å². The van der Waals surface area contributed by atoms with Crippen molar-refractivity contribution in [3.63, 3.8) is 0 Å². The first-order chi connectivity index (χ1) is 39.1. The van der Waals surface area contributed by atoms with Crippen molar-refractivity contribution < 1.29 is 59.9 Å². The molecule has 1 spiro atoms. The molecule has 0 radical (unpaired) electrons. The number of carbonyl (C=O) groups is 2. The number of aromatic amines is 2. The highest BCUT2D eigenvalue weighted by Gasteiger charge is 2.79. The topological polar surface area (TPSA) is 334 Å². The third-order valence-corrected chi connectivity index (χ3v) is 26.1. The second-order valence-corrected chi connectivity index (χ2v) is 29.2. The Morgan fingerprint density at radius 3 is 2.34 bits per heavy atom. The number of carbonyl (C=O) groups excluding carboxylic acids is 1. The number of aromatic nitrogens is 4. The van der Waals surface area contributed by atoms with Crippen molar-refractivity contribution >= 4 is 17.7 Å². The van der Waals surface area contributed by atoms with Crippen LogP contribution in [0, 0.1) is 91.2 Å². The molecule has 20 heteroatoms. The van der Waals surface area contributed by atoms with Crippen molar-refractivity contribution in [2.75, 3.05) is 45.3 Å². The van der Waals surface area contributed by atoms with Crippen molar-refractivity contribution in [3.05, 3.63) is 41.9 Å². The van der Waals surface area contributed by atoms with E-state index in [1.54, 1.807) is 18.9 Å². The highest BCUT2D eigenvalue weighted by molar-refractivity contribution is 5.86. The number of H-pyrrole nitrogens is 2. The van der Waals surface area contributed by atoms with Gasteiger partial charge in [-0.2, -0.15) is 0 Å². The van der Waals surface area contributed by atoms with Gasteiger partial charge in [-0.05, 0) is 160 Å². The standard InChI is InChI=1S/C62H96N8O12/c1-56(28-71)18-19-61(55(79)80)39(23-56)35-12-13-45-58(3,59(35,4)36-22-41-52(69-31-68-41)66-25-40(36)61)17-14-44-57(2,29-72)50(82-53-49(76)48(75)43(73)27-81-53)47(74)38(62(44,45)33-10-6-7-11-33)21-37-46(70-54(78)60(37)15-8-9-16-60)34(42-26-65-30-67-42)20-32(24-64-5)51(63)77/h12,26,30-34,36-40,43-51,53,64,66,71-77H,6-11,13-25,27-29,63H2,1-5H3,(H,65,67)(H,68,69)(H,70,78)(H,79,80). The number of nitrogens with zero attached hydrogens (tertiary/aromatic N) is 2. The fourth-order valence-electron chi connectivity index (χ4n) is 22.1. The molecular weight excluding hydrogens is 1050 g/mol. The Bertz CT molecular complexity index is 2680. The Morgan fingerprint density at radius 1 is 0.915 bits per heavy atom. The van der Waals surface area contributed by atoms with Gasteiger partial charge in [-0.25, -0.2) is 9.97 Å². The number of hydrogen-bond donors (Lipinski definition) is 14. The SMILES string of the molecule is CNCC(CC(c1cnc[nH]1)C1NC(=O)C2(CCCC2)C1CC1C(O)C(OC2OCC(O)C(O)C2O)C(C)(CO)C2CCC3(C)C(CC=C4C5CC(C)(CO)CCC5(C(=O)O)C5CNc6nc[nH]c6CC5C43C)C12C1CCCC1)C(N)O. The number of aliphatic carboxylic acids is 1. The number of ether oxygens (including phenoxy) is 2. The van der Waals surface area contributed by atoms with E-state index in [1.807, 2.05) is 14.0 Å². The summed E-state index contributed by atoms with van der Waals surface area (Å²) >= 11 is 0. The lowest BCUT2D eigenvalue weighted by Gasteiger charge is -2.77. The second-order valence-electron chi connectivity index (χ2n) is 29.2. The highest BCUT2D eigenvalue weighted by Crippen LogP contribution is 2.81. The number of carboxylic acids is 1. The van der Waals surface area contributed by atoms with Crippen LogP contribution in [0.4, 0.5) is 5.82 Å². The molecule has 6 saturated carbocycles. The summed E-state index contributed by atoms with van der Waals surface area (Å²) < 4.78 is 13.0. The molecule has 23 atom stereocenters. The first-order valence-corrected chi connectivity index (χ1v) is 31.4. The Hall–Kier alpha value is -3.54. The summed E-state index contributed by atoms with van der Waals surface area (Å²) in [7, 11) is 1.83. The summed E-state index contributed by atoms with van der Waals surface area (Å²) in [5.41, 5.74) is 3.84. The predicted octanol–water partition coefficient (Wildman–Crippen LogP) is 3.93. The molecular formula is C62H96N8O12. The fourth-order valence-corrected chi connectivity index (χ4v) is 22.1. The van der Waals surface area contributed by atoms with Gasteiger partial charge in [0.25, 0.3) is 0 Å². The molecule has 0 aromatic carbocycles. The van der Waals surface area contributed by atoms with E-state index in [0.717, 1.165) is 55.7 Å². The number of hydrogen-bond acceptors (Lipinski definition) is 16. The molecule has 7 aliphatic carbocycles. The number of carboxylic acid groups (broad SMARTS) is 1. The monoisotopic (exact) mass is 1140 g/mol. The zero-order chi connectivity index (χ0) is 58.1. The number of aliphatic hydroxyl groups is 7. The number of aliphatic hydroxyl groups excluding tert-OH is 7. The maximum atomic E-state index is 15.4. The van der Waals surface area contributed by atoms with Crippen molar-refractivity contribution in [1.29, 1.82) is 0 Å². The molecule has 2 saturated heterocycles. The number of nitrogens with two attached hydrogens (primary N) is 1. The number of imidazole rings is 2. The van der Waals surface area contributed by atoms with Crippen molar-refractivity contribution in [3.8, 4) is 0 Å². The third kappa shape index (κ3) is 8.34. The van der Waals surface area contributed by atoms with Crippen molar-refractivity contribution in [2.45, 2.75) is 192 Å². The van der Waals surface area contributed by atoms with Gasteiger partial charge < -0.3 is 82.0 Å². The van der Waals surface area contributed by atoms with Crippen LogP contribution in [0.15, 0.2) is 30.5 Å².